The summed E-state index contributed by atoms with van der Waals surface area (Å²) in [6.45, 7) is 0. The van der Waals surface area contributed by atoms with Crippen LogP contribution in [0.2, 0.25) is 0 Å². The highest BCUT2D eigenvalue weighted by molar-refractivity contribution is 6.48. The van der Waals surface area contributed by atoms with E-state index in [-0.39, 0.29) is 25.7 Å². The van der Waals surface area contributed by atoms with Crippen LogP contribution in [0.5, 0.6) is 0 Å². The van der Waals surface area contributed by atoms with E-state index in [1.54, 1.807) is 12.1 Å². The zero-order chi connectivity index (χ0) is 20.7. The molecule has 0 aliphatic carbocycles. The maximum absolute atomic E-state index is 9.71. The Morgan fingerprint density at radius 3 is 1.74 bits per heavy atom. The topological polar surface area (TPSA) is 69.9 Å². The minimum atomic E-state index is -4.91. The van der Waals surface area contributed by atoms with Crippen molar-refractivity contribution in [2.45, 2.75) is 58.6 Å². The Labute approximate surface area is 190 Å². The smallest absolute Gasteiger partial charge is 0.368 e. The molecule has 0 spiro atoms. The number of hydrogen-bond donors (Lipinski definition) is 3. The molecule has 1 aromatic carbocycles. The molecule has 0 heterocycles. The molecule has 0 bridgehead atoms. The second-order valence-electron chi connectivity index (χ2n) is 6.12. The first-order valence-electron chi connectivity index (χ1n) is 8.25. The second-order valence-corrected chi connectivity index (χ2v) is 11.3. The van der Waals surface area contributed by atoms with E-state index < -0.39 is 29.2 Å². The van der Waals surface area contributed by atoms with E-state index in [1.165, 1.54) is 0 Å². The average Bonchev–Trinajstić information content (AvgIpc) is 2.54. The number of aryl methyl sites for hydroxylation is 1. The molecule has 0 atom stereocenters. The zero-order valence-electron chi connectivity index (χ0n) is 14.3. The molecule has 4 nitrogen and oxygen atoms in total. The lowest BCUT2D eigenvalue weighted by Crippen LogP contribution is -2.48. The number of alkyl halides is 6. The van der Waals surface area contributed by atoms with Crippen LogP contribution in [0.3, 0.4) is 0 Å². The van der Waals surface area contributed by atoms with Crippen molar-refractivity contribution in [3.8, 4) is 0 Å². The molecule has 0 aliphatic rings. The van der Waals surface area contributed by atoms with E-state index in [0.29, 0.717) is 18.4 Å². The first kappa shape index (κ1) is 26.1. The average molecular weight is 519 g/mol. The van der Waals surface area contributed by atoms with Gasteiger partial charge < -0.3 is 18.8 Å². The Morgan fingerprint density at radius 2 is 1.30 bits per heavy atom. The van der Waals surface area contributed by atoms with Crippen LogP contribution >= 0.6 is 69.6 Å². The van der Waals surface area contributed by atoms with Crippen LogP contribution in [0.15, 0.2) is 24.3 Å². The van der Waals surface area contributed by atoms with Gasteiger partial charge in [0.2, 0.25) is 0 Å². The van der Waals surface area contributed by atoms with Gasteiger partial charge in [-0.2, -0.15) is 0 Å². The Balaban J connectivity index is 3.39. The summed E-state index contributed by atoms with van der Waals surface area (Å²) in [5, 5.41) is 0. The molecule has 3 N–H and O–H groups in total. The summed E-state index contributed by atoms with van der Waals surface area (Å²) in [4.78, 5) is 27.2. The van der Waals surface area contributed by atoms with Crippen LogP contribution in [0.4, 0.5) is 0 Å². The Hall–Kier alpha value is 1.02. The number of halogens is 6. The maximum atomic E-state index is 9.71. The van der Waals surface area contributed by atoms with Gasteiger partial charge in [0.1, 0.15) is 14.5 Å². The van der Waals surface area contributed by atoms with Gasteiger partial charge in [0.05, 0.1) is 5.60 Å². The highest BCUT2D eigenvalue weighted by Crippen LogP contribution is 2.41. The van der Waals surface area contributed by atoms with Crippen molar-refractivity contribution < 1.29 is 18.8 Å². The molecule has 0 aromatic heterocycles. The molecule has 0 aliphatic heterocycles. The Kier molecular flexibility index (Phi) is 11.6. The van der Waals surface area contributed by atoms with Crippen molar-refractivity contribution in [2.24, 2.45) is 0 Å². The minimum absolute atomic E-state index is 0.212. The maximum Gasteiger partial charge on any atom is 0.672 e. The van der Waals surface area contributed by atoms with E-state index in [4.69, 9.17) is 74.0 Å². The molecule has 0 unspecified atom stereocenters. The molecule has 156 valence electrons. The van der Waals surface area contributed by atoms with E-state index in [1.807, 2.05) is 12.1 Å². The lowest BCUT2D eigenvalue weighted by molar-refractivity contribution is -0.0585. The van der Waals surface area contributed by atoms with Crippen molar-refractivity contribution in [1.82, 2.24) is 0 Å². The van der Waals surface area contributed by atoms with Crippen LogP contribution in [0.25, 0.3) is 0 Å². The van der Waals surface area contributed by atoms with Gasteiger partial charge in [0.15, 0.2) is 0 Å². The fraction of sp³-hybridized carbons (Fsp3) is 0.625. The second kappa shape index (κ2) is 12.0. The van der Waals surface area contributed by atoms with Gasteiger partial charge in [-0.1, -0.05) is 24.3 Å². The third-order valence-corrected chi connectivity index (χ3v) is 5.98. The highest BCUT2D eigenvalue weighted by Gasteiger charge is 2.45. The Morgan fingerprint density at radius 1 is 0.815 bits per heavy atom. The van der Waals surface area contributed by atoms with Crippen LogP contribution in [-0.2, 0) is 16.4 Å². The van der Waals surface area contributed by atoms with Crippen LogP contribution in [0, 0.1) is 0 Å². The van der Waals surface area contributed by atoms with Crippen LogP contribution in [0.1, 0.15) is 43.2 Å². The van der Waals surface area contributed by atoms with Gasteiger partial charge in [0.25, 0.3) is 0 Å². The molecule has 0 saturated carbocycles. The molecule has 11 heteroatoms. The van der Waals surface area contributed by atoms with Gasteiger partial charge >= 0.3 is 9.05 Å². The van der Waals surface area contributed by atoms with Gasteiger partial charge in [-0.05, 0) is 49.7 Å². The van der Waals surface area contributed by atoms with Crippen LogP contribution < -0.4 is 0 Å². The van der Waals surface area contributed by atoms with Crippen molar-refractivity contribution in [3.05, 3.63) is 35.4 Å². The molecule has 1 aromatic rings. The molecule has 27 heavy (non-hydrogen) atoms. The van der Waals surface area contributed by atoms with Crippen LogP contribution in [-0.4, -0.2) is 37.9 Å². The molecule has 0 saturated heterocycles. The van der Waals surface area contributed by atoms with Crippen molar-refractivity contribution in [3.63, 3.8) is 0 Å². The molecular formula is C16H22Cl6O4Si. The van der Waals surface area contributed by atoms with Crippen molar-refractivity contribution >= 4 is 78.7 Å². The predicted octanol–water partition coefficient (Wildman–Crippen LogP) is 5.22. The van der Waals surface area contributed by atoms with E-state index >= 15 is 0 Å². The third kappa shape index (κ3) is 10.1. The van der Waals surface area contributed by atoms with Crippen molar-refractivity contribution in [2.75, 3.05) is 0 Å². The van der Waals surface area contributed by atoms with Crippen molar-refractivity contribution in [1.29, 1.82) is 0 Å². The lowest BCUT2D eigenvalue weighted by atomic mass is 9.81. The molecular weight excluding hydrogens is 497 g/mol. The lowest BCUT2D eigenvalue weighted by Gasteiger charge is -2.38. The van der Waals surface area contributed by atoms with E-state index in [9.17, 15) is 14.4 Å². The summed E-state index contributed by atoms with van der Waals surface area (Å²) in [5.74, 6) is 0. The molecule has 0 fully saturated rings. The quantitative estimate of drug-likeness (QED) is 0.262. The molecule has 0 amide bonds. The summed E-state index contributed by atoms with van der Waals surface area (Å²) in [6, 6.07) is 7.25. The minimum Gasteiger partial charge on any atom is -0.368 e. The Bertz CT molecular complexity index is 556. The summed E-state index contributed by atoms with van der Waals surface area (Å²) in [6.07, 6.45) is 1.99. The number of hydrogen-bond acceptors (Lipinski definition) is 4. The van der Waals surface area contributed by atoms with Gasteiger partial charge in [-0.15, -0.1) is 69.6 Å². The van der Waals surface area contributed by atoms with E-state index in [0.717, 1.165) is 5.56 Å². The SMILES string of the molecule is O[Si](O)(O)OC(CCC(Cl)Cl)(CCC(Cl)Cl)c1ccccc1CCC(Cl)Cl. The third-order valence-electron chi connectivity index (χ3n) is 4.01. The largest absolute Gasteiger partial charge is 0.672 e. The summed E-state index contributed by atoms with van der Waals surface area (Å²) in [7, 11) is -4.91. The molecule has 1 rings (SSSR count). The standard InChI is InChI=1S/C16H22Cl6O4Si/c17-13(18)6-5-11-3-1-2-4-12(11)16(9-7-14(19)20,10-8-15(21)22)26-27(23,24)25/h1-4,13-15,23-25H,5-10H2. The monoisotopic (exact) mass is 516 g/mol. The fourth-order valence-corrected chi connectivity index (χ4v) is 4.44. The van der Waals surface area contributed by atoms with Gasteiger partial charge in [0, 0.05) is 0 Å². The number of rotatable bonds is 12. The van der Waals surface area contributed by atoms with Gasteiger partial charge in [-0.25, -0.2) is 0 Å². The first-order valence-corrected chi connectivity index (χ1v) is 12.6. The predicted molar refractivity (Wildman–Crippen MR) is 115 cm³/mol. The summed E-state index contributed by atoms with van der Waals surface area (Å²) >= 11 is 35.3. The first-order chi connectivity index (χ1) is 12.4. The summed E-state index contributed by atoms with van der Waals surface area (Å²) < 4.78 is 5.46. The summed E-state index contributed by atoms with van der Waals surface area (Å²) in [5.41, 5.74) is 0.193. The zero-order valence-corrected chi connectivity index (χ0v) is 19.8. The fourth-order valence-electron chi connectivity index (χ4n) is 2.95. The highest BCUT2D eigenvalue weighted by atomic mass is 35.5. The van der Waals surface area contributed by atoms with E-state index in [2.05, 4.69) is 0 Å². The number of benzene rings is 1. The van der Waals surface area contributed by atoms with Gasteiger partial charge in [-0.3, -0.25) is 0 Å². The normalized spacial score (nSPS) is 13.2. The molecule has 0 radical (unpaired) electrons.